The molecule has 0 aromatic heterocycles. The lowest BCUT2D eigenvalue weighted by Gasteiger charge is -2.30. The van der Waals surface area contributed by atoms with Gasteiger partial charge in [-0.1, -0.05) is 24.3 Å². The molecule has 2 saturated heterocycles. The molecule has 3 N–H and O–H groups in total. The number of thioether (sulfide) groups is 1. The van der Waals surface area contributed by atoms with Gasteiger partial charge in [-0.2, -0.15) is 5.10 Å². The van der Waals surface area contributed by atoms with Crippen LogP contribution < -0.4 is 11.2 Å². The van der Waals surface area contributed by atoms with Crippen molar-refractivity contribution in [2.75, 3.05) is 18.2 Å². The number of nitrogens with two attached hydrogens (primary N) is 1. The number of fused-ring (bicyclic) bond motifs is 1. The minimum Gasteiger partial charge on any atom is -0.350 e. The third-order valence-electron chi connectivity index (χ3n) is 6.38. The third kappa shape index (κ3) is 5.03. The van der Waals surface area contributed by atoms with Crippen LogP contribution in [0.4, 0.5) is 4.79 Å². The van der Waals surface area contributed by atoms with Crippen LogP contribution in [-0.4, -0.2) is 64.1 Å². The largest absolute Gasteiger partial charge is 0.350 e. The number of hydrogen-bond acceptors (Lipinski definition) is 5. The monoisotopic (exact) mass is 443 g/mol. The van der Waals surface area contributed by atoms with Gasteiger partial charge in [-0.05, 0) is 49.1 Å². The maximum atomic E-state index is 13.2. The van der Waals surface area contributed by atoms with Gasteiger partial charge in [0.05, 0.1) is 11.9 Å². The van der Waals surface area contributed by atoms with Gasteiger partial charge in [0, 0.05) is 24.9 Å². The molecular formula is C22H29N5O3S. The number of carbonyl (C=O) groups excluding carboxylic acids is 3. The fourth-order valence-corrected chi connectivity index (χ4v) is 5.96. The molecule has 9 heteroatoms. The number of benzene rings is 1. The standard InChI is InChI=1S/C22H29N5O3S/c23-22(30)25-24-12-18-13-31-14-27(18)21(29)19-6-3-9-26(19)20(28)8-7-15-10-16-4-1-2-5-17(16)11-15/h1-2,4-5,12,15,18-19H,3,6-11,13-14H2,(H3,23,25,30)/t18-,19+/m1/s1. The number of rotatable bonds is 6. The van der Waals surface area contributed by atoms with Crippen molar-refractivity contribution in [3.63, 3.8) is 0 Å². The normalized spacial score (nSPS) is 23.5. The fraction of sp³-hybridized carbons (Fsp3) is 0.545. The SMILES string of the molecule is NC(=O)NN=C[C@@H]1CSCN1C(=O)[C@@H]1CCCN1C(=O)CCC1Cc2ccccc2C1. The molecule has 0 unspecified atom stereocenters. The predicted molar refractivity (Wildman–Crippen MR) is 120 cm³/mol. The molecule has 31 heavy (non-hydrogen) atoms. The van der Waals surface area contributed by atoms with Gasteiger partial charge in [0.15, 0.2) is 0 Å². The molecule has 4 amide bonds. The first kappa shape index (κ1) is 21.7. The van der Waals surface area contributed by atoms with Crippen molar-refractivity contribution >= 4 is 35.8 Å². The Morgan fingerprint density at radius 1 is 1.19 bits per heavy atom. The molecule has 8 nitrogen and oxygen atoms in total. The van der Waals surface area contributed by atoms with E-state index in [0.717, 1.165) is 25.7 Å². The van der Waals surface area contributed by atoms with Gasteiger partial charge in [-0.3, -0.25) is 9.59 Å². The Balaban J connectivity index is 1.32. The highest BCUT2D eigenvalue weighted by atomic mass is 32.2. The molecule has 3 aliphatic rings. The average molecular weight is 444 g/mol. The van der Waals surface area contributed by atoms with Crippen molar-refractivity contribution in [3.8, 4) is 0 Å². The summed E-state index contributed by atoms with van der Waals surface area (Å²) in [5.41, 5.74) is 10.0. The summed E-state index contributed by atoms with van der Waals surface area (Å²) in [7, 11) is 0. The van der Waals surface area contributed by atoms with E-state index < -0.39 is 12.1 Å². The van der Waals surface area contributed by atoms with Gasteiger partial charge in [0.1, 0.15) is 6.04 Å². The Morgan fingerprint density at radius 3 is 2.65 bits per heavy atom. The number of carbonyl (C=O) groups is 3. The number of nitrogens with zero attached hydrogens (tertiary/aromatic N) is 3. The minimum absolute atomic E-state index is 0.0281. The van der Waals surface area contributed by atoms with Crippen LogP contribution in [-0.2, 0) is 22.4 Å². The van der Waals surface area contributed by atoms with Crippen LogP contribution in [0.15, 0.2) is 29.4 Å². The highest BCUT2D eigenvalue weighted by Crippen LogP contribution is 2.31. The molecule has 1 aromatic rings. The molecule has 1 aliphatic carbocycles. The van der Waals surface area contributed by atoms with E-state index in [2.05, 4.69) is 34.8 Å². The van der Waals surface area contributed by atoms with Gasteiger partial charge in [-0.25, -0.2) is 10.2 Å². The second kappa shape index (κ2) is 9.72. The smallest absolute Gasteiger partial charge is 0.332 e. The zero-order valence-corrected chi connectivity index (χ0v) is 18.4. The highest BCUT2D eigenvalue weighted by Gasteiger charge is 2.40. The van der Waals surface area contributed by atoms with E-state index in [1.807, 2.05) is 0 Å². The average Bonchev–Trinajstić information content (AvgIpc) is 3.50. The molecule has 2 heterocycles. The Morgan fingerprint density at radius 2 is 1.94 bits per heavy atom. The summed E-state index contributed by atoms with van der Waals surface area (Å²) < 4.78 is 0. The number of hydrazone groups is 1. The summed E-state index contributed by atoms with van der Waals surface area (Å²) in [5.74, 6) is 1.83. The van der Waals surface area contributed by atoms with Crippen molar-refractivity contribution in [1.82, 2.24) is 15.2 Å². The topological polar surface area (TPSA) is 108 Å². The Hall–Kier alpha value is -2.55. The lowest BCUT2D eigenvalue weighted by molar-refractivity contribution is -0.143. The summed E-state index contributed by atoms with van der Waals surface area (Å²) in [6.45, 7) is 0.642. The summed E-state index contributed by atoms with van der Waals surface area (Å²) in [6, 6.07) is 7.16. The van der Waals surface area contributed by atoms with Crippen molar-refractivity contribution in [1.29, 1.82) is 0 Å². The van der Waals surface area contributed by atoms with Gasteiger partial charge in [-0.15, -0.1) is 11.8 Å². The van der Waals surface area contributed by atoms with Crippen LogP contribution in [0, 0.1) is 5.92 Å². The molecular weight excluding hydrogens is 414 g/mol. The number of hydrogen-bond donors (Lipinski definition) is 2. The number of amides is 4. The number of likely N-dealkylation sites (tertiary alicyclic amines) is 1. The summed E-state index contributed by atoms with van der Waals surface area (Å²) in [5, 5.41) is 3.82. The molecule has 4 rings (SSSR count). The van der Waals surface area contributed by atoms with Crippen molar-refractivity contribution in [3.05, 3.63) is 35.4 Å². The molecule has 0 bridgehead atoms. The molecule has 1 aromatic carbocycles. The Kier molecular flexibility index (Phi) is 6.80. The van der Waals surface area contributed by atoms with Gasteiger partial charge in [0.25, 0.3) is 0 Å². The Bertz CT molecular complexity index is 851. The van der Waals surface area contributed by atoms with Crippen LogP contribution in [0.25, 0.3) is 0 Å². The number of nitrogens with one attached hydrogen (secondary N) is 1. The second-order valence-electron chi connectivity index (χ2n) is 8.46. The van der Waals surface area contributed by atoms with Crippen LogP contribution in [0.1, 0.15) is 36.8 Å². The van der Waals surface area contributed by atoms with E-state index in [1.165, 1.54) is 11.1 Å². The highest BCUT2D eigenvalue weighted by molar-refractivity contribution is 7.99. The first-order valence-corrected chi connectivity index (χ1v) is 12.0. The zero-order valence-electron chi connectivity index (χ0n) is 17.5. The van der Waals surface area contributed by atoms with Gasteiger partial charge in [0.2, 0.25) is 11.8 Å². The molecule has 2 aliphatic heterocycles. The van der Waals surface area contributed by atoms with Gasteiger partial charge >= 0.3 is 6.03 Å². The lowest BCUT2D eigenvalue weighted by Crippen LogP contribution is -2.50. The first-order chi connectivity index (χ1) is 15.0. The van der Waals surface area contributed by atoms with Crippen molar-refractivity contribution in [2.24, 2.45) is 16.8 Å². The summed E-state index contributed by atoms with van der Waals surface area (Å²) >= 11 is 1.63. The molecule has 2 atom stereocenters. The van der Waals surface area contributed by atoms with E-state index >= 15 is 0 Å². The lowest BCUT2D eigenvalue weighted by atomic mass is 9.99. The third-order valence-corrected chi connectivity index (χ3v) is 7.42. The van der Waals surface area contributed by atoms with E-state index in [1.54, 1.807) is 27.8 Å². The molecule has 0 saturated carbocycles. The van der Waals surface area contributed by atoms with Crippen LogP contribution in [0.2, 0.25) is 0 Å². The maximum absolute atomic E-state index is 13.2. The number of urea groups is 1. The van der Waals surface area contributed by atoms with E-state index in [9.17, 15) is 14.4 Å². The quantitative estimate of drug-likeness (QED) is 0.516. The van der Waals surface area contributed by atoms with E-state index in [4.69, 9.17) is 5.73 Å². The summed E-state index contributed by atoms with van der Waals surface area (Å²) in [6.07, 6.45) is 6.52. The van der Waals surface area contributed by atoms with Gasteiger partial charge < -0.3 is 15.5 Å². The molecule has 166 valence electrons. The van der Waals surface area contributed by atoms with E-state index in [-0.39, 0.29) is 17.9 Å². The van der Waals surface area contributed by atoms with Crippen LogP contribution in [0.3, 0.4) is 0 Å². The maximum Gasteiger partial charge on any atom is 0.332 e. The predicted octanol–water partition coefficient (Wildman–Crippen LogP) is 1.73. The van der Waals surface area contributed by atoms with Crippen molar-refractivity contribution in [2.45, 2.75) is 50.6 Å². The zero-order chi connectivity index (χ0) is 21.8. The molecule has 2 fully saturated rings. The van der Waals surface area contributed by atoms with E-state index in [0.29, 0.717) is 36.9 Å². The summed E-state index contributed by atoms with van der Waals surface area (Å²) in [4.78, 5) is 40.6. The first-order valence-electron chi connectivity index (χ1n) is 10.9. The Labute approximate surface area is 186 Å². The number of primary amides is 1. The second-order valence-corrected chi connectivity index (χ2v) is 9.46. The molecule has 0 spiro atoms. The minimum atomic E-state index is -0.738. The fourth-order valence-electron chi connectivity index (χ4n) is 4.83. The van der Waals surface area contributed by atoms with Crippen molar-refractivity contribution < 1.29 is 14.4 Å². The molecule has 0 radical (unpaired) electrons. The van der Waals surface area contributed by atoms with Crippen LogP contribution >= 0.6 is 11.8 Å². The van der Waals surface area contributed by atoms with Crippen LogP contribution in [0.5, 0.6) is 0 Å².